The first-order valence-electron chi connectivity index (χ1n) is 6.57. The molecule has 1 N–H and O–H groups in total. The van der Waals surface area contributed by atoms with Crippen LogP contribution in [0.1, 0.15) is 31.7 Å². The number of alkyl halides is 1. The second kappa shape index (κ2) is 4.71. The molecule has 7 nitrogen and oxygen atoms in total. The number of aliphatic hydroxyl groups is 1. The fourth-order valence-corrected chi connectivity index (χ4v) is 2.57. The SMILES string of the molecule is CCC1(F)C[C@@H](CO)O[C@H]1n1nnc2c(C)ncnc21. The van der Waals surface area contributed by atoms with Crippen LogP contribution in [0.15, 0.2) is 6.33 Å². The highest BCUT2D eigenvalue weighted by molar-refractivity contribution is 5.71. The van der Waals surface area contributed by atoms with Crippen LogP contribution < -0.4 is 0 Å². The minimum Gasteiger partial charge on any atom is -0.394 e. The van der Waals surface area contributed by atoms with Crippen molar-refractivity contribution in [2.45, 2.75) is 44.7 Å². The Morgan fingerprint density at radius 3 is 3.05 bits per heavy atom. The zero-order chi connectivity index (χ0) is 14.3. The van der Waals surface area contributed by atoms with Gasteiger partial charge < -0.3 is 9.84 Å². The molecule has 0 spiro atoms. The van der Waals surface area contributed by atoms with E-state index in [-0.39, 0.29) is 19.4 Å². The molecule has 0 radical (unpaired) electrons. The highest BCUT2D eigenvalue weighted by Crippen LogP contribution is 2.43. The minimum atomic E-state index is -1.59. The Labute approximate surface area is 114 Å². The van der Waals surface area contributed by atoms with E-state index >= 15 is 0 Å². The summed E-state index contributed by atoms with van der Waals surface area (Å²) in [5.74, 6) is 0. The van der Waals surface area contributed by atoms with Gasteiger partial charge in [0.1, 0.15) is 6.33 Å². The average Bonchev–Trinajstić information content (AvgIpc) is 3.01. The van der Waals surface area contributed by atoms with Crippen LogP contribution in [-0.2, 0) is 4.74 Å². The summed E-state index contributed by atoms with van der Waals surface area (Å²) in [6.07, 6.45) is 0.327. The lowest BCUT2D eigenvalue weighted by Gasteiger charge is -2.23. The van der Waals surface area contributed by atoms with Gasteiger partial charge in [-0.15, -0.1) is 5.10 Å². The maximum absolute atomic E-state index is 15.0. The molecule has 0 aromatic carbocycles. The molecule has 3 atom stereocenters. The van der Waals surface area contributed by atoms with Gasteiger partial charge in [-0.1, -0.05) is 12.1 Å². The van der Waals surface area contributed by atoms with Gasteiger partial charge in [0.15, 0.2) is 23.1 Å². The summed E-state index contributed by atoms with van der Waals surface area (Å²) in [5, 5.41) is 17.2. The van der Waals surface area contributed by atoms with Crippen molar-refractivity contribution < 1.29 is 14.2 Å². The number of aromatic nitrogens is 5. The fourth-order valence-electron chi connectivity index (χ4n) is 2.57. The highest BCUT2D eigenvalue weighted by Gasteiger charge is 2.50. The fraction of sp³-hybridized carbons (Fsp3) is 0.667. The Balaban J connectivity index is 2.08. The van der Waals surface area contributed by atoms with E-state index in [1.165, 1.54) is 11.0 Å². The van der Waals surface area contributed by atoms with Crippen molar-refractivity contribution in [2.24, 2.45) is 0 Å². The molecule has 0 bridgehead atoms. The van der Waals surface area contributed by atoms with Gasteiger partial charge in [-0.05, 0) is 13.3 Å². The molecule has 2 aromatic heterocycles. The standard InChI is InChI=1S/C12H16FN5O2/c1-3-12(13)4-8(5-19)20-11(12)18-10-9(16-17-18)7(2)14-6-15-10/h6,8,11,19H,3-5H2,1-2H3/t8-,11+,12?/m0/s1. The van der Waals surface area contributed by atoms with Crippen LogP contribution in [0.2, 0.25) is 0 Å². The highest BCUT2D eigenvalue weighted by atomic mass is 19.1. The van der Waals surface area contributed by atoms with E-state index in [1.54, 1.807) is 13.8 Å². The summed E-state index contributed by atoms with van der Waals surface area (Å²) in [5.41, 5.74) is 0.0600. The third-order valence-corrected chi connectivity index (χ3v) is 3.79. The molecule has 3 heterocycles. The third-order valence-electron chi connectivity index (χ3n) is 3.79. The molecule has 8 heteroatoms. The second-order valence-corrected chi connectivity index (χ2v) is 5.05. The van der Waals surface area contributed by atoms with Crippen molar-refractivity contribution >= 4 is 11.2 Å². The van der Waals surface area contributed by atoms with Crippen molar-refractivity contribution in [1.82, 2.24) is 25.0 Å². The van der Waals surface area contributed by atoms with Gasteiger partial charge in [-0.2, -0.15) is 4.68 Å². The number of hydrogen-bond acceptors (Lipinski definition) is 6. The predicted octanol–water partition coefficient (Wildman–Crippen LogP) is 0.928. The molecule has 0 aliphatic carbocycles. The molecule has 2 aromatic rings. The lowest BCUT2D eigenvalue weighted by Crippen LogP contribution is -2.31. The Hall–Kier alpha value is -1.67. The van der Waals surface area contributed by atoms with E-state index in [0.717, 1.165) is 0 Å². The molecule has 0 saturated carbocycles. The summed E-state index contributed by atoms with van der Waals surface area (Å²) >= 11 is 0. The average molecular weight is 281 g/mol. The molecule has 1 aliphatic heterocycles. The van der Waals surface area contributed by atoms with Crippen LogP contribution >= 0.6 is 0 Å². The van der Waals surface area contributed by atoms with Gasteiger partial charge in [0.25, 0.3) is 0 Å². The van der Waals surface area contributed by atoms with E-state index in [4.69, 9.17) is 4.74 Å². The quantitative estimate of drug-likeness (QED) is 0.900. The van der Waals surface area contributed by atoms with Crippen LogP contribution in [-0.4, -0.2) is 48.4 Å². The number of nitrogens with zero attached hydrogens (tertiary/aromatic N) is 5. The number of aryl methyl sites for hydroxylation is 1. The number of ether oxygens (including phenoxy) is 1. The number of halogens is 1. The van der Waals surface area contributed by atoms with Crippen LogP contribution in [0.3, 0.4) is 0 Å². The molecule has 1 fully saturated rings. The van der Waals surface area contributed by atoms with Gasteiger partial charge in [-0.3, -0.25) is 0 Å². The maximum Gasteiger partial charge on any atom is 0.188 e. The Morgan fingerprint density at radius 1 is 1.55 bits per heavy atom. The third kappa shape index (κ3) is 1.87. The van der Waals surface area contributed by atoms with E-state index < -0.39 is 18.0 Å². The van der Waals surface area contributed by atoms with Gasteiger partial charge >= 0.3 is 0 Å². The van der Waals surface area contributed by atoms with Crippen LogP contribution in [0.4, 0.5) is 4.39 Å². The first kappa shape index (κ1) is 13.3. The van der Waals surface area contributed by atoms with Crippen molar-refractivity contribution in [3.63, 3.8) is 0 Å². The van der Waals surface area contributed by atoms with E-state index in [2.05, 4.69) is 20.3 Å². The minimum absolute atomic E-state index is 0.135. The molecule has 0 amide bonds. The Morgan fingerprint density at radius 2 is 2.35 bits per heavy atom. The first-order chi connectivity index (χ1) is 9.59. The van der Waals surface area contributed by atoms with Crippen molar-refractivity contribution in [3.05, 3.63) is 12.0 Å². The summed E-state index contributed by atoms with van der Waals surface area (Å²) in [7, 11) is 0. The smallest absolute Gasteiger partial charge is 0.188 e. The van der Waals surface area contributed by atoms with E-state index in [9.17, 15) is 9.50 Å². The summed E-state index contributed by atoms with van der Waals surface area (Å²) in [4.78, 5) is 8.15. The van der Waals surface area contributed by atoms with Crippen LogP contribution in [0.25, 0.3) is 11.2 Å². The van der Waals surface area contributed by atoms with Crippen molar-refractivity contribution in [2.75, 3.05) is 6.61 Å². The monoisotopic (exact) mass is 281 g/mol. The van der Waals surface area contributed by atoms with Gasteiger partial charge in [-0.25, -0.2) is 14.4 Å². The molecule has 1 aliphatic rings. The summed E-state index contributed by atoms with van der Waals surface area (Å²) < 4.78 is 21.9. The topological polar surface area (TPSA) is 86.0 Å². The first-order valence-corrected chi connectivity index (χ1v) is 6.57. The summed E-state index contributed by atoms with van der Waals surface area (Å²) in [6, 6.07) is 0. The van der Waals surface area contributed by atoms with Crippen LogP contribution in [0.5, 0.6) is 0 Å². The molecule has 1 unspecified atom stereocenters. The van der Waals surface area contributed by atoms with Gasteiger partial charge in [0, 0.05) is 6.42 Å². The van der Waals surface area contributed by atoms with Gasteiger partial charge in [0.05, 0.1) is 18.4 Å². The maximum atomic E-state index is 15.0. The number of fused-ring (bicyclic) bond motifs is 1. The zero-order valence-electron chi connectivity index (χ0n) is 11.3. The largest absolute Gasteiger partial charge is 0.394 e. The van der Waals surface area contributed by atoms with Crippen molar-refractivity contribution in [3.8, 4) is 0 Å². The molecular formula is C12H16FN5O2. The van der Waals surface area contributed by atoms with Crippen LogP contribution in [0, 0.1) is 6.92 Å². The number of aliphatic hydroxyl groups excluding tert-OH is 1. The Bertz CT molecular complexity index is 633. The predicted molar refractivity (Wildman–Crippen MR) is 67.6 cm³/mol. The van der Waals surface area contributed by atoms with Gasteiger partial charge in [0.2, 0.25) is 0 Å². The second-order valence-electron chi connectivity index (χ2n) is 5.05. The molecule has 1 saturated heterocycles. The Kier molecular flexibility index (Phi) is 3.14. The number of rotatable bonds is 3. The lowest BCUT2D eigenvalue weighted by atomic mass is 9.97. The lowest BCUT2D eigenvalue weighted by molar-refractivity contribution is -0.0699. The van der Waals surface area contributed by atoms with E-state index in [0.29, 0.717) is 16.9 Å². The molecular weight excluding hydrogens is 265 g/mol. The van der Waals surface area contributed by atoms with Crippen molar-refractivity contribution in [1.29, 1.82) is 0 Å². The molecule has 108 valence electrons. The molecule has 3 rings (SSSR count). The summed E-state index contributed by atoms with van der Waals surface area (Å²) in [6.45, 7) is 3.32. The van der Waals surface area contributed by atoms with E-state index in [1.807, 2.05) is 0 Å². The zero-order valence-corrected chi connectivity index (χ0v) is 11.3. The number of hydrogen-bond donors (Lipinski definition) is 1. The normalized spacial score (nSPS) is 30.2. The molecule has 20 heavy (non-hydrogen) atoms.